The molecule has 0 aliphatic heterocycles. The van der Waals surface area contributed by atoms with Gasteiger partial charge in [-0.15, -0.1) is 11.3 Å². The quantitative estimate of drug-likeness (QED) is 0.728. The Morgan fingerprint density at radius 2 is 2.29 bits per heavy atom. The normalized spacial score (nSPS) is 10.7. The Hall–Kier alpha value is -2.34. The second kappa shape index (κ2) is 5.97. The molecule has 0 atom stereocenters. The Labute approximate surface area is 126 Å². The van der Waals surface area contributed by atoms with Gasteiger partial charge in [0.05, 0.1) is 31.1 Å². The standard InChI is InChI=1S/C15H15N3O2S/c1-17-9-12(8-16-17)15(19)18(10-13-4-2-6-20-13)11-14-5-3-7-21-14/h2-9H,10-11H2,1H3. The molecular formula is C15H15N3O2S. The number of rotatable bonds is 5. The fourth-order valence-electron chi connectivity index (χ4n) is 2.10. The summed E-state index contributed by atoms with van der Waals surface area (Å²) in [7, 11) is 1.80. The van der Waals surface area contributed by atoms with Crippen molar-refractivity contribution in [1.82, 2.24) is 14.7 Å². The number of hydrogen-bond acceptors (Lipinski definition) is 4. The molecule has 0 N–H and O–H groups in total. The number of carbonyl (C=O) groups is 1. The van der Waals surface area contributed by atoms with E-state index < -0.39 is 0 Å². The highest BCUT2D eigenvalue weighted by atomic mass is 32.1. The fraction of sp³-hybridized carbons (Fsp3) is 0.200. The van der Waals surface area contributed by atoms with Gasteiger partial charge < -0.3 is 9.32 Å². The molecule has 3 rings (SSSR count). The zero-order valence-corrected chi connectivity index (χ0v) is 12.4. The van der Waals surface area contributed by atoms with E-state index >= 15 is 0 Å². The van der Waals surface area contributed by atoms with Gasteiger partial charge in [-0.3, -0.25) is 9.48 Å². The van der Waals surface area contributed by atoms with E-state index in [0.29, 0.717) is 18.7 Å². The third-order valence-corrected chi connectivity index (χ3v) is 3.95. The Morgan fingerprint density at radius 1 is 1.38 bits per heavy atom. The lowest BCUT2D eigenvalue weighted by Crippen LogP contribution is -2.29. The van der Waals surface area contributed by atoms with E-state index in [1.165, 1.54) is 0 Å². The lowest BCUT2D eigenvalue weighted by molar-refractivity contribution is 0.0719. The highest BCUT2D eigenvalue weighted by Crippen LogP contribution is 2.17. The molecule has 1 amide bonds. The van der Waals surface area contributed by atoms with Crippen molar-refractivity contribution in [3.63, 3.8) is 0 Å². The van der Waals surface area contributed by atoms with Crippen molar-refractivity contribution < 1.29 is 9.21 Å². The van der Waals surface area contributed by atoms with E-state index in [2.05, 4.69) is 5.10 Å². The van der Waals surface area contributed by atoms with Crippen LogP contribution < -0.4 is 0 Å². The minimum Gasteiger partial charge on any atom is -0.467 e. The maximum atomic E-state index is 12.6. The Kier molecular flexibility index (Phi) is 3.87. The monoisotopic (exact) mass is 301 g/mol. The summed E-state index contributed by atoms with van der Waals surface area (Å²) in [6.07, 6.45) is 4.94. The lowest BCUT2D eigenvalue weighted by Gasteiger charge is -2.20. The van der Waals surface area contributed by atoms with Gasteiger partial charge in [0.1, 0.15) is 5.76 Å². The topological polar surface area (TPSA) is 51.3 Å². The predicted octanol–water partition coefficient (Wildman–Crippen LogP) is 2.92. The SMILES string of the molecule is Cn1cc(C(=O)N(Cc2ccco2)Cc2cccs2)cn1. The molecule has 0 unspecified atom stereocenters. The van der Waals surface area contributed by atoms with Crippen molar-refractivity contribution in [3.05, 3.63) is 64.5 Å². The first-order valence-corrected chi connectivity index (χ1v) is 7.43. The first-order chi connectivity index (χ1) is 10.2. The van der Waals surface area contributed by atoms with Crippen LogP contribution in [0.25, 0.3) is 0 Å². The third-order valence-electron chi connectivity index (χ3n) is 3.09. The van der Waals surface area contributed by atoms with Gasteiger partial charge in [-0.2, -0.15) is 5.10 Å². The molecule has 5 nitrogen and oxygen atoms in total. The summed E-state index contributed by atoms with van der Waals surface area (Å²) in [4.78, 5) is 15.5. The zero-order chi connectivity index (χ0) is 14.7. The molecule has 0 bridgehead atoms. The summed E-state index contributed by atoms with van der Waals surface area (Å²) >= 11 is 1.64. The van der Waals surface area contributed by atoms with E-state index in [-0.39, 0.29) is 5.91 Å². The third kappa shape index (κ3) is 3.22. The molecule has 0 saturated carbocycles. The van der Waals surface area contributed by atoms with E-state index in [1.54, 1.807) is 46.6 Å². The van der Waals surface area contributed by atoms with Gasteiger partial charge >= 0.3 is 0 Å². The van der Waals surface area contributed by atoms with Gasteiger partial charge in [0.15, 0.2) is 0 Å². The number of aryl methyl sites for hydroxylation is 1. The number of aromatic nitrogens is 2. The first-order valence-electron chi connectivity index (χ1n) is 6.55. The van der Waals surface area contributed by atoms with Crippen molar-refractivity contribution in [2.45, 2.75) is 13.1 Å². The van der Waals surface area contributed by atoms with Gasteiger partial charge in [-0.25, -0.2) is 0 Å². The van der Waals surface area contributed by atoms with Gasteiger partial charge in [-0.05, 0) is 23.6 Å². The number of hydrogen-bond donors (Lipinski definition) is 0. The Bertz CT molecular complexity index is 665. The first kappa shape index (κ1) is 13.6. The van der Waals surface area contributed by atoms with Gasteiger partial charge in [-0.1, -0.05) is 6.07 Å². The van der Waals surface area contributed by atoms with Crippen molar-refractivity contribution in [2.75, 3.05) is 0 Å². The summed E-state index contributed by atoms with van der Waals surface area (Å²) in [5.74, 6) is 0.719. The van der Waals surface area contributed by atoms with E-state index in [1.807, 2.05) is 29.6 Å². The van der Waals surface area contributed by atoms with Crippen LogP contribution in [0.2, 0.25) is 0 Å². The van der Waals surface area contributed by atoms with Crippen LogP contribution in [0.4, 0.5) is 0 Å². The van der Waals surface area contributed by atoms with Crippen molar-refractivity contribution in [2.24, 2.45) is 7.05 Å². The Balaban J connectivity index is 1.82. The molecule has 108 valence electrons. The zero-order valence-electron chi connectivity index (χ0n) is 11.6. The molecule has 0 radical (unpaired) electrons. The summed E-state index contributed by atoms with van der Waals surface area (Å²) in [5, 5.41) is 6.07. The van der Waals surface area contributed by atoms with Crippen LogP contribution in [0, 0.1) is 0 Å². The molecule has 3 aromatic heterocycles. The minimum atomic E-state index is -0.0482. The van der Waals surface area contributed by atoms with Crippen molar-refractivity contribution >= 4 is 17.2 Å². The molecule has 3 aromatic rings. The molecule has 0 fully saturated rings. The van der Waals surface area contributed by atoms with Gasteiger partial charge in [0, 0.05) is 18.1 Å². The van der Waals surface area contributed by atoms with Gasteiger partial charge in [0.2, 0.25) is 0 Å². The van der Waals surface area contributed by atoms with Crippen LogP contribution in [0.3, 0.4) is 0 Å². The molecular weight excluding hydrogens is 286 g/mol. The fourth-order valence-corrected chi connectivity index (χ4v) is 2.81. The summed E-state index contributed by atoms with van der Waals surface area (Å²) < 4.78 is 6.99. The second-order valence-corrected chi connectivity index (χ2v) is 5.75. The largest absolute Gasteiger partial charge is 0.467 e. The summed E-state index contributed by atoms with van der Waals surface area (Å²) in [6, 6.07) is 7.71. The number of furan rings is 1. The lowest BCUT2D eigenvalue weighted by atomic mass is 10.2. The highest BCUT2D eigenvalue weighted by molar-refractivity contribution is 7.09. The molecule has 6 heteroatoms. The summed E-state index contributed by atoms with van der Waals surface area (Å²) in [5.41, 5.74) is 0.584. The molecule has 0 saturated heterocycles. The van der Waals surface area contributed by atoms with E-state index in [9.17, 15) is 4.79 Å². The van der Waals surface area contributed by atoms with E-state index in [4.69, 9.17) is 4.42 Å². The maximum Gasteiger partial charge on any atom is 0.257 e. The molecule has 0 aliphatic carbocycles. The van der Waals surface area contributed by atoms with Crippen LogP contribution in [-0.2, 0) is 20.1 Å². The molecule has 0 spiro atoms. The highest BCUT2D eigenvalue weighted by Gasteiger charge is 2.19. The van der Waals surface area contributed by atoms with Crippen LogP contribution in [0.15, 0.2) is 52.7 Å². The molecule has 3 heterocycles. The number of carbonyl (C=O) groups excluding carboxylic acids is 1. The molecule has 0 aliphatic rings. The average molecular weight is 301 g/mol. The second-order valence-electron chi connectivity index (χ2n) is 4.72. The molecule has 0 aromatic carbocycles. The number of amides is 1. The van der Waals surface area contributed by atoms with Crippen LogP contribution in [0.1, 0.15) is 21.0 Å². The number of nitrogens with zero attached hydrogens (tertiary/aromatic N) is 3. The molecule has 21 heavy (non-hydrogen) atoms. The average Bonchev–Trinajstić information content (AvgIpc) is 3.19. The van der Waals surface area contributed by atoms with E-state index in [0.717, 1.165) is 10.6 Å². The predicted molar refractivity (Wildman–Crippen MR) is 79.8 cm³/mol. The van der Waals surface area contributed by atoms with Crippen molar-refractivity contribution in [3.8, 4) is 0 Å². The number of thiophene rings is 1. The minimum absolute atomic E-state index is 0.0482. The maximum absolute atomic E-state index is 12.6. The van der Waals surface area contributed by atoms with Crippen LogP contribution in [-0.4, -0.2) is 20.6 Å². The summed E-state index contributed by atoms with van der Waals surface area (Å²) in [6.45, 7) is 1.00. The Morgan fingerprint density at radius 3 is 2.90 bits per heavy atom. The van der Waals surface area contributed by atoms with Crippen LogP contribution >= 0.6 is 11.3 Å². The van der Waals surface area contributed by atoms with Crippen molar-refractivity contribution in [1.29, 1.82) is 0 Å². The van der Waals surface area contributed by atoms with Gasteiger partial charge in [0.25, 0.3) is 5.91 Å². The van der Waals surface area contributed by atoms with Crippen LogP contribution in [0.5, 0.6) is 0 Å². The smallest absolute Gasteiger partial charge is 0.257 e.